The van der Waals surface area contributed by atoms with E-state index in [-0.39, 0.29) is 5.82 Å². The second-order valence-corrected chi connectivity index (χ2v) is 4.53. The van der Waals surface area contributed by atoms with Crippen molar-refractivity contribution >= 4 is 23.1 Å². The van der Waals surface area contributed by atoms with Crippen LogP contribution in [0.1, 0.15) is 11.1 Å². The van der Waals surface area contributed by atoms with Crippen LogP contribution in [-0.2, 0) is 6.54 Å². The van der Waals surface area contributed by atoms with Crippen LogP contribution >= 0.6 is 12.2 Å². The largest absolute Gasteiger partial charge is 0.358 e. The van der Waals surface area contributed by atoms with Crippen molar-refractivity contribution in [2.75, 3.05) is 5.32 Å². The SMILES string of the molecule is Cc1ccnc(NC(=S)NCc2ccccc2F)c1. The number of hydrogen-bond acceptors (Lipinski definition) is 2. The summed E-state index contributed by atoms with van der Waals surface area (Å²) in [6.45, 7) is 2.31. The molecule has 0 aliphatic heterocycles. The predicted molar refractivity (Wildman–Crippen MR) is 78.4 cm³/mol. The fourth-order valence-electron chi connectivity index (χ4n) is 1.58. The molecule has 0 saturated heterocycles. The van der Waals surface area contributed by atoms with Gasteiger partial charge in [0.15, 0.2) is 5.11 Å². The Kier molecular flexibility index (Phi) is 4.41. The molecule has 0 unspecified atom stereocenters. The van der Waals surface area contributed by atoms with Gasteiger partial charge in [0.05, 0.1) is 0 Å². The maximum atomic E-state index is 13.4. The molecule has 0 aliphatic rings. The van der Waals surface area contributed by atoms with E-state index >= 15 is 0 Å². The zero-order valence-electron chi connectivity index (χ0n) is 10.5. The normalized spacial score (nSPS) is 10.0. The number of hydrogen-bond donors (Lipinski definition) is 2. The molecule has 2 rings (SSSR count). The standard InChI is InChI=1S/C14H14FN3S/c1-10-6-7-16-13(8-10)18-14(19)17-9-11-4-2-3-5-12(11)15/h2-8H,9H2,1H3,(H2,16,17,18,19). The Bertz CT molecular complexity index is 586. The van der Waals surface area contributed by atoms with E-state index in [1.54, 1.807) is 24.4 Å². The number of nitrogens with one attached hydrogen (secondary N) is 2. The Morgan fingerprint density at radius 2 is 2.11 bits per heavy atom. The highest BCUT2D eigenvalue weighted by Gasteiger charge is 2.02. The number of anilines is 1. The lowest BCUT2D eigenvalue weighted by Gasteiger charge is -2.10. The van der Waals surface area contributed by atoms with Crippen molar-refractivity contribution in [1.82, 2.24) is 10.3 Å². The minimum atomic E-state index is -0.244. The Hall–Kier alpha value is -2.01. The molecule has 98 valence electrons. The summed E-state index contributed by atoms with van der Waals surface area (Å²) in [5.41, 5.74) is 1.67. The maximum Gasteiger partial charge on any atom is 0.172 e. The van der Waals surface area contributed by atoms with Crippen molar-refractivity contribution in [2.24, 2.45) is 0 Å². The molecule has 0 spiro atoms. The van der Waals surface area contributed by atoms with Crippen molar-refractivity contribution in [1.29, 1.82) is 0 Å². The summed E-state index contributed by atoms with van der Waals surface area (Å²) in [4.78, 5) is 4.14. The van der Waals surface area contributed by atoms with E-state index in [0.717, 1.165) is 5.56 Å². The van der Waals surface area contributed by atoms with Crippen LogP contribution < -0.4 is 10.6 Å². The first-order chi connectivity index (χ1) is 9.15. The number of thiocarbonyl (C=S) groups is 1. The number of rotatable bonds is 3. The molecule has 2 N–H and O–H groups in total. The lowest BCUT2D eigenvalue weighted by molar-refractivity contribution is 0.606. The van der Waals surface area contributed by atoms with Gasteiger partial charge < -0.3 is 10.6 Å². The van der Waals surface area contributed by atoms with Crippen LogP contribution in [0.25, 0.3) is 0 Å². The summed E-state index contributed by atoms with van der Waals surface area (Å²) in [5.74, 6) is 0.428. The van der Waals surface area contributed by atoms with Crippen LogP contribution in [-0.4, -0.2) is 10.1 Å². The molecule has 0 bridgehead atoms. The van der Waals surface area contributed by atoms with E-state index < -0.39 is 0 Å². The fraction of sp³-hybridized carbons (Fsp3) is 0.143. The summed E-state index contributed by atoms with van der Waals surface area (Å²) >= 11 is 5.14. The van der Waals surface area contributed by atoms with Crippen molar-refractivity contribution < 1.29 is 4.39 Å². The molecule has 1 aromatic carbocycles. The number of benzene rings is 1. The zero-order valence-corrected chi connectivity index (χ0v) is 11.3. The molecule has 2 aromatic rings. The van der Waals surface area contributed by atoms with Crippen LogP contribution in [0.3, 0.4) is 0 Å². The van der Waals surface area contributed by atoms with Crippen LogP contribution in [0.2, 0.25) is 0 Å². The number of halogens is 1. The quantitative estimate of drug-likeness (QED) is 0.844. The van der Waals surface area contributed by atoms with Gasteiger partial charge in [-0.1, -0.05) is 18.2 Å². The van der Waals surface area contributed by atoms with E-state index in [4.69, 9.17) is 12.2 Å². The molecule has 19 heavy (non-hydrogen) atoms. The van der Waals surface area contributed by atoms with Crippen molar-refractivity contribution in [3.8, 4) is 0 Å². The third kappa shape index (κ3) is 3.99. The van der Waals surface area contributed by atoms with Gasteiger partial charge in [0.25, 0.3) is 0 Å². The smallest absolute Gasteiger partial charge is 0.172 e. The summed E-state index contributed by atoms with van der Waals surface area (Å²) < 4.78 is 13.4. The van der Waals surface area contributed by atoms with Crippen molar-refractivity contribution in [2.45, 2.75) is 13.5 Å². The summed E-state index contributed by atoms with van der Waals surface area (Å²) in [5, 5.41) is 6.33. The number of aromatic nitrogens is 1. The van der Waals surface area contributed by atoms with Crippen LogP contribution in [0.5, 0.6) is 0 Å². The first-order valence-electron chi connectivity index (χ1n) is 5.86. The third-order valence-electron chi connectivity index (χ3n) is 2.55. The van der Waals surface area contributed by atoms with Crippen molar-refractivity contribution in [3.05, 3.63) is 59.5 Å². The lowest BCUT2D eigenvalue weighted by Crippen LogP contribution is -2.28. The van der Waals surface area contributed by atoms with Gasteiger partial charge in [-0.3, -0.25) is 0 Å². The summed E-state index contributed by atoms with van der Waals surface area (Å²) in [7, 11) is 0. The fourth-order valence-corrected chi connectivity index (χ4v) is 1.76. The van der Waals surface area contributed by atoms with Gasteiger partial charge in [-0.15, -0.1) is 0 Å². The summed E-state index contributed by atoms with van der Waals surface area (Å²) in [6, 6.07) is 10.4. The molecule has 1 heterocycles. The minimum absolute atomic E-state index is 0.244. The van der Waals surface area contributed by atoms with Gasteiger partial charge in [-0.2, -0.15) is 0 Å². The molecule has 0 saturated carbocycles. The lowest BCUT2D eigenvalue weighted by atomic mass is 10.2. The van der Waals surface area contributed by atoms with E-state index in [1.165, 1.54) is 6.07 Å². The number of pyridine rings is 1. The Balaban J connectivity index is 1.90. The average molecular weight is 275 g/mol. The monoisotopic (exact) mass is 275 g/mol. The molecule has 0 fully saturated rings. The molecule has 1 aromatic heterocycles. The summed E-state index contributed by atoms with van der Waals surface area (Å²) in [6.07, 6.45) is 1.71. The zero-order chi connectivity index (χ0) is 13.7. The van der Waals surface area contributed by atoms with Gasteiger partial charge in [-0.05, 0) is 42.9 Å². The van der Waals surface area contributed by atoms with Gasteiger partial charge in [-0.25, -0.2) is 9.37 Å². The van der Waals surface area contributed by atoms with Crippen LogP contribution in [0.4, 0.5) is 10.2 Å². The maximum absolute atomic E-state index is 13.4. The van der Waals surface area contributed by atoms with E-state index in [9.17, 15) is 4.39 Å². The van der Waals surface area contributed by atoms with Gasteiger partial charge in [0, 0.05) is 18.3 Å². The Morgan fingerprint density at radius 3 is 2.84 bits per heavy atom. The highest BCUT2D eigenvalue weighted by Crippen LogP contribution is 2.07. The Labute approximate surface area is 116 Å². The Morgan fingerprint density at radius 1 is 1.32 bits per heavy atom. The molecule has 3 nitrogen and oxygen atoms in total. The van der Waals surface area contributed by atoms with Gasteiger partial charge >= 0.3 is 0 Å². The number of aryl methyl sites for hydroxylation is 1. The first-order valence-corrected chi connectivity index (χ1v) is 6.27. The molecule has 0 amide bonds. The molecule has 0 radical (unpaired) electrons. The second-order valence-electron chi connectivity index (χ2n) is 4.12. The van der Waals surface area contributed by atoms with Gasteiger partial charge in [0.2, 0.25) is 0 Å². The highest BCUT2D eigenvalue weighted by atomic mass is 32.1. The van der Waals surface area contributed by atoms with E-state index in [0.29, 0.717) is 23.0 Å². The average Bonchev–Trinajstić information content (AvgIpc) is 2.38. The first kappa shape index (κ1) is 13.4. The second kappa shape index (κ2) is 6.24. The van der Waals surface area contributed by atoms with Crippen LogP contribution in [0, 0.1) is 12.7 Å². The molecular weight excluding hydrogens is 261 g/mol. The van der Waals surface area contributed by atoms with E-state index in [2.05, 4.69) is 15.6 Å². The highest BCUT2D eigenvalue weighted by molar-refractivity contribution is 7.80. The molecule has 5 heteroatoms. The topological polar surface area (TPSA) is 37.0 Å². The minimum Gasteiger partial charge on any atom is -0.358 e. The number of nitrogens with zero attached hydrogens (tertiary/aromatic N) is 1. The van der Waals surface area contributed by atoms with Crippen LogP contribution in [0.15, 0.2) is 42.6 Å². The molecule has 0 aliphatic carbocycles. The van der Waals surface area contributed by atoms with E-state index in [1.807, 2.05) is 19.1 Å². The van der Waals surface area contributed by atoms with Crippen molar-refractivity contribution in [3.63, 3.8) is 0 Å². The molecule has 0 atom stereocenters. The predicted octanol–water partition coefficient (Wildman–Crippen LogP) is 3.02. The third-order valence-corrected chi connectivity index (χ3v) is 2.80. The van der Waals surface area contributed by atoms with Gasteiger partial charge in [0.1, 0.15) is 11.6 Å². The molecular formula is C14H14FN3S.